The van der Waals surface area contributed by atoms with Gasteiger partial charge >= 0.3 is 12.4 Å². The van der Waals surface area contributed by atoms with E-state index in [1.165, 1.54) is 16.8 Å². The molecule has 0 bridgehead atoms. The number of nitrogens with zero attached hydrogens (tertiary/aromatic N) is 5. The van der Waals surface area contributed by atoms with Crippen molar-refractivity contribution in [2.24, 2.45) is 5.92 Å². The number of piperidine rings is 1. The first-order valence-electron chi connectivity index (χ1n) is 11.5. The highest BCUT2D eigenvalue weighted by Crippen LogP contribution is 2.32. The largest absolute Gasteiger partial charge is 0.573 e. The Hall–Kier alpha value is -3.05. The molecule has 3 amide bonds. The lowest BCUT2D eigenvalue weighted by Crippen LogP contribution is -2.54. The Morgan fingerprint density at radius 3 is 2.71 bits per heavy atom. The van der Waals surface area contributed by atoms with Crippen LogP contribution in [0.3, 0.4) is 0 Å². The first kappa shape index (κ1) is 24.1. The molecule has 9 nitrogen and oxygen atoms in total. The summed E-state index contributed by atoms with van der Waals surface area (Å²) < 4.78 is 43.3. The highest BCUT2D eigenvalue weighted by atomic mass is 19.4. The van der Waals surface area contributed by atoms with Gasteiger partial charge in [-0.1, -0.05) is 12.1 Å². The Labute approximate surface area is 195 Å². The summed E-state index contributed by atoms with van der Waals surface area (Å²) in [7, 11) is 0. The van der Waals surface area contributed by atoms with Crippen LogP contribution in [-0.4, -0.2) is 68.3 Å². The van der Waals surface area contributed by atoms with Crippen LogP contribution >= 0.6 is 0 Å². The Bertz CT molecular complexity index is 985. The van der Waals surface area contributed by atoms with Crippen LogP contribution in [0.15, 0.2) is 24.1 Å². The Morgan fingerprint density at radius 1 is 1.26 bits per heavy atom. The van der Waals surface area contributed by atoms with Gasteiger partial charge in [0, 0.05) is 37.8 Å². The third-order valence-corrected chi connectivity index (χ3v) is 6.19. The van der Waals surface area contributed by atoms with Crippen molar-refractivity contribution in [2.45, 2.75) is 70.9 Å². The lowest BCUT2D eigenvalue weighted by atomic mass is 9.99. The molecule has 2 heterocycles. The summed E-state index contributed by atoms with van der Waals surface area (Å²) in [5.41, 5.74) is 1.00. The smallest absolute Gasteiger partial charge is 0.406 e. The molecule has 0 radical (unpaired) electrons. The molecule has 186 valence electrons. The van der Waals surface area contributed by atoms with Gasteiger partial charge in [-0.2, -0.15) is 0 Å². The molecule has 0 aromatic carbocycles. The van der Waals surface area contributed by atoms with Crippen LogP contribution in [0.4, 0.5) is 18.0 Å². The number of ether oxygens (including phenoxy) is 1. The van der Waals surface area contributed by atoms with Gasteiger partial charge in [0.25, 0.3) is 0 Å². The number of carbonyl (C=O) groups is 2. The molecule has 1 aromatic heterocycles. The Morgan fingerprint density at radius 2 is 2.03 bits per heavy atom. The summed E-state index contributed by atoms with van der Waals surface area (Å²) in [6.07, 6.45) is 3.62. The summed E-state index contributed by atoms with van der Waals surface area (Å²) >= 11 is 0. The lowest BCUT2D eigenvalue weighted by molar-refractivity contribution is -0.303. The van der Waals surface area contributed by atoms with Gasteiger partial charge in [-0.05, 0) is 44.1 Å². The number of amides is 3. The molecule has 2 fully saturated rings. The number of hydrogen-bond acceptors (Lipinski definition) is 5. The Balaban J connectivity index is 1.38. The maximum absolute atomic E-state index is 13.0. The fourth-order valence-electron chi connectivity index (χ4n) is 4.52. The minimum Gasteiger partial charge on any atom is -0.406 e. The quantitative estimate of drug-likeness (QED) is 0.672. The Kier molecular flexibility index (Phi) is 6.85. The third kappa shape index (κ3) is 6.09. The number of aromatic nitrogens is 3. The monoisotopic (exact) mass is 482 g/mol. The normalized spacial score (nSPS) is 23.1. The van der Waals surface area contributed by atoms with Gasteiger partial charge < -0.3 is 19.9 Å². The summed E-state index contributed by atoms with van der Waals surface area (Å²) in [4.78, 5) is 28.4. The third-order valence-electron chi connectivity index (χ3n) is 6.19. The van der Waals surface area contributed by atoms with Gasteiger partial charge in [0.05, 0.1) is 18.8 Å². The van der Waals surface area contributed by atoms with Gasteiger partial charge in [-0.25, -0.2) is 9.48 Å². The molecule has 1 aromatic rings. The first-order valence-corrected chi connectivity index (χ1v) is 11.5. The van der Waals surface area contributed by atoms with Crippen LogP contribution in [0.5, 0.6) is 0 Å². The number of hydrogen-bond donors (Lipinski definition) is 1. The van der Waals surface area contributed by atoms with Crippen molar-refractivity contribution in [3.63, 3.8) is 0 Å². The van der Waals surface area contributed by atoms with Gasteiger partial charge in [0.2, 0.25) is 5.91 Å². The van der Waals surface area contributed by atoms with E-state index in [4.69, 9.17) is 0 Å². The van der Waals surface area contributed by atoms with E-state index in [9.17, 15) is 22.8 Å². The fourth-order valence-corrected chi connectivity index (χ4v) is 4.52. The number of halogens is 3. The number of likely N-dealkylation sites (tertiary alicyclic amines) is 1. The topological polar surface area (TPSA) is 92.6 Å². The standard InChI is InChI=1S/C22H29F3N6O3/c1-14-8-19(10-20(9-14)34-22(23,24)25)30-12-16(27-28-30)11-26-21(33)31(17-5-6-17)18-4-3-7-29(13-18)15(2)32/h9-10,12,14,17-18H,3-8,11,13H2,1-2H3,(H,26,33). The predicted molar refractivity (Wildman–Crippen MR) is 116 cm³/mol. The molecule has 0 spiro atoms. The summed E-state index contributed by atoms with van der Waals surface area (Å²) in [6.45, 7) is 4.72. The van der Waals surface area contributed by atoms with Crippen molar-refractivity contribution in [2.75, 3.05) is 13.1 Å². The van der Waals surface area contributed by atoms with Gasteiger partial charge in [0.1, 0.15) is 11.5 Å². The van der Waals surface area contributed by atoms with Crippen LogP contribution in [0.25, 0.3) is 5.70 Å². The maximum Gasteiger partial charge on any atom is 0.573 e. The second kappa shape index (κ2) is 9.67. The molecule has 1 saturated heterocycles. The molecule has 3 aliphatic rings. The van der Waals surface area contributed by atoms with Gasteiger partial charge in [-0.15, -0.1) is 18.3 Å². The number of nitrogens with one attached hydrogen (secondary N) is 1. The number of urea groups is 1. The lowest BCUT2D eigenvalue weighted by Gasteiger charge is -2.39. The minimum atomic E-state index is -4.77. The van der Waals surface area contributed by atoms with Crippen LogP contribution < -0.4 is 5.32 Å². The number of allylic oxidation sites excluding steroid dienone is 3. The molecular weight excluding hydrogens is 453 g/mol. The van der Waals surface area contributed by atoms with E-state index in [0.29, 0.717) is 30.9 Å². The average Bonchev–Trinajstić information content (AvgIpc) is 3.46. The maximum atomic E-state index is 13.0. The minimum absolute atomic E-state index is 0.0161. The molecule has 34 heavy (non-hydrogen) atoms. The van der Waals surface area contributed by atoms with Crippen LogP contribution in [0.1, 0.15) is 51.6 Å². The fraction of sp³-hybridized carbons (Fsp3) is 0.636. The highest BCUT2D eigenvalue weighted by molar-refractivity contribution is 5.76. The molecule has 12 heteroatoms. The van der Waals surface area contributed by atoms with Gasteiger partial charge in [0.15, 0.2) is 0 Å². The van der Waals surface area contributed by atoms with Crippen LogP contribution in [0.2, 0.25) is 0 Å². The number of rotatable bonds is 6. The summed E-state index contributed by atoms with van der Waals surface area (Å²) in [5.74, 6) is -0.428. The molecule has 1 saturated carbocycles. The summed E-state index contributed by atoms with van der Waals surface area (Å²) in [6, 6.07) is -0.0457. The average molecular weight is 483 g/mol. The van der Waals surface area contributed by atoms with E-state index in [0.717, 1.165) is 25.7 Å². The number of alkyl halides is 3. The van der Waals surface area contributed by atoms with Crippen molar-refractivity contribution in [1.29, 1.82) is 0 Å². The predicted octanol–water partition coefficient (Wildman–Crippen LogP) is 3.26. The van der Waals surface area contributed by atoms with Crippen LogP contribution in [-0.2, 0) is 16.1 Å². The van der Waals surface area contributed by atoms with Crippen molar-refractivity contribution in [3.05, 3.63) is 29.8 Å². The highest BCUT2D eigenvalue weighted by Gasteiger charge is 2.39. The number of carbonyl (C=O) groups excluding carboxylic acids is 2. The van der Waals surface area contributed by atoms with Gasteiger partial charge in [-0.3, -0.25) is 4.79 Å². The second-order valence-electron chi connectivity index (χ2n) is 9.15. The SMILES string of the molecule is CC(=O)N1CCCC(N(C(=O)NCc2cn(C3=CC(OC(F)(F)F)=CC(C)C3)nn2)C2CC2)C1. The molecule has 2 aliphatic carbocycles. The van der Waals surface area contributed by atoms with Crippen molar-refractivity contribution in [1.82, 2.24) is 30.1 Å². The molecule has 2 atom stereocenters. The second-order valence-corrected chi connectivity index (χ2v) is 9.15. The summed E-state index contributed by atoms with van der Waals surface area (Å²) in [5, 5.41) is 11.0. The molecule has 1 N–H and O–H groups in total. The zero-order chi connectivity index (χ0) is 24.5. The van der Waals surface area contributed by atoms with Crippen molar-refractivity contribution >= 4 is 17.6 Å². The van der Waals surface area contributed by atoms with E-state index >= 15 is 0 Å². The van der Waals surface area contributed by atoms with Crippen molar-refractivity contribution < 1.29 is 27.5 Å². The van der Waals surface area contributed by atoms with E-state index in [1.807, 2.05) is 4.90 Å². The molecule has 1 aliphatic heterocycles. The van der Waals surface area contributed by atoms with Crippen molar-refractivity contribution in [3.8, 4) is 0 Å². The van der Waals surface area contributed by atoms with Crippen LogP contribution in [0, 0.1) is 5.92 Å². The zero-order valence-electron chi connectivity index (χ0n) is 19.2. The van der Waals surface area contributed by atoms with E-state index in [1.54, 1.807) is 24.9 Å². The molecule has 4 rings (SSSR count). The first-order chi connectivity index (χ1) is 16.1. The zero-order valence-corrected chi connectivity index (χ0v) is 19.2. The van der Waals surface area contributed by atoms with E-state index < -0.39 is 6.36 Å². The van der Waals surface area contributed by atoms with E-state index in [2.05, 4.69) is 20.4 Å². The van der Waals surface area contributed by atoms with E-state index in [-0.39, 0.29) is 42.2 Å². The molecule has 2 unspecified atom stereocenters. The molecular formula is C22H29F3N6O3.